The van der Waals surface area contributed by atoms with E-state index in [0.717, 1.165) is 66.6 Å². The Morgan fingerprint density at radius 1 is 1.13 bits per heavy atom. The zero-order valence-corrected chi connectivity index (χ0v) is 27.2. The molecule has 4 bridgehead atoms. The maximum Gasteiger partial charge on any atom is 0.257 e. The maximum absolute atomic E-state index is 15.2. The summed E-state index contributed by atoms with van der Waals surface area (Å²) in [7, 11) is 3.59. The Kier molecular flexibility index (Phi) is 7.77. The molecular weight excluding hydrogens is 585 g/mol. The summed E-state index contributed by atoms with van der Waals surface area (Å²) in [4.78, 5) is 38.7. The second-order valence-corrected chi connectivity index (χ2v) is 13.8. The molecule has 4 aromatic rings. The van der Waals surface area contributed by atoms with Crippen molar-refractivity contribution < 1.29 is 18.7 Å². The molecule has 5 atom stereocenters. The number of carbonyl (C=O) groups is 2. The molecule has 5 heterocycles. The number of piperidine rings is 1. The summed E-state index contributed by atoms with van der Waals surface area (Å²) in [6.07, 6.45) is 6.49. The van der Waals surface area contributed by atoms with Crippen molar-refractivity contribution in [1.82, 2.24) is 29.3 Å². The molecule has 0 radical (unpaired) electrons. The van der Waals surface area contributed by atoms with Gasteiger partial charge in [-0.2, -0.15) is 0 Å². The molecule has 3 aliphatic rings. The smallest absolute Gasteiger partial charge is 0.257 e. The van der Waals surface area contributed by atoms with Crippen LogP contribution in [0.1, 0.15) is 87.3 Å². The Bertz CT molecular complexity index is 1830. The second-order valence-electron chi connectivity index (χ2n) is 13.8. The van der Waals surface area contributed by atoms with Crippen molar-refractivity contribution in [2.45, 2.75) is 95.6 Å². The molecule has 2 aliphatic heterocycles. The van der Waals surface area contributed by atoms with E-state index in [-0.39, 0.29) is 24.4 Å². The number of alkyl halides is 1. The summed E-state index contributed by atoms with van der Waals surface area (Å²) in [5, 5.41) is 3.79. The zero-order chi connectivity index (χ0) is 32.3. The van der Waals surface area contributed by atoms with Crippen LogP contribution in [0.4, 0.5) is 4.39 Å². The first-order chi connectivity index (χ1) is 22.1. The Morgan fingerprint density at radius 3 is 2.74 bits per heavy atom. The predicted molar refractivity (Wildman–Crippen MR) is 175 cm³/mol. The number of pyridine rings is 1. The lowest BCUT2D eigenvalue weighted by molar-refractivity contribution is -0.133. The minimum Gasteiger partial charge on any atom is -0.494 e. The monoisotopic (exact) mass is 629 g/mol. The number of methoxy groups -OCH3 is 1. The first-order valence-electron chi connectivity index (χ1n) is 16.7. The third-order valence-electron chi connectivity index (χ3n) is 10.6. The standard InChI is InChI=1S/C35H44FN7O3/c1-20-26-12-10-22-17-28(42(31(22)39-26)14-8-6-5-7-13-35(2,36)34(45)38-20)32-40-27-16-23(18-29(46-4)30(27)41(32)3)33(44)43-19-25(37)21-9-11-24(43)15-21/h10,12,16-18,20-21,24-25H,5-9,11,13-15,19,37H2,1-4H3,(H,38,45)/t20-,21-,24+,25+,35-/m1/s1. The van der Waals surface area contributed by atoms with Gasteiger partial charge in [0.1, 0.15) is 16.9 Å². The normalized spacial score (nSPS) is 27.3. The third kappa shape index (κ3) is 5.22. The third-order valence-corrected chi connectivity index (χ3v) is 10.6. The number of aromatic nitrogens is 4. The molecular formula is C35H44FN7O3. The number of rotatable bonds is 3. The molecule has 1 saturated carbocycles. The number of ether oxygens (including phenoxy) is 1. The Balaban J connectivity index is 1.30. The molecule has 1 aromatic carbocycles. The van der Waals surface area contributed by atoms with Crippen molar-refractivity contribution >= 4 is 33.9 Å². The van der Waals surface area contributed by atoms with Crippen molar-refractivity contribution in [1.29, 1.82) is 0 Å². The van der Waals surface area contributed by atoms with Gasteiger partial charge in [-0.1, -0.05) is 12.8 Å². The van der Waals surface area contributed by atoms with Gasteiger partial charge in [-0.05, 0) is 88.6 Å². The van der Waals surface area contributed by atoms with Gasteiger partial charge < -0.3 is 29.8 Å². The lowest BCUT2D eigenvalue weighted by Gasteiger charge is -2.37. The van der Waals surface area contributed by atoms with E-state index in [9.17, 15) is 9.59 Å². The molecule has 3 aromatic heterocycles. The number of halogens is 1. The molecule has 0 spiro atoms. The van der Waals surface area contributed by atoms with Crippen molar-refractivity contribution in [3.63, 3.8) is 0 Å². The zero-order valence-electron chi connectivity index (χ0n) is 27.2. The quantitative estimate of drug-likeness (QED) is 0.312. The Labute approximate surface area is 268 Å². The van der Waals surface area contributed by atoms with Crippen LogP contribution in [0.25, 0.3) is 33.6 Å². The van der Waals surface area contributed by atoms with Crippen LogP contribution in [0.3, 0.4) is 0 Å². The number of nitrogens with one attached hydrogen (secondary N) is 1. The molecule has 244 valence electrons. The van der Waals surface area contributed by atoms with Gasteiger partial charge in [-0.15, -0.1) is 0 Å². The van der Waals surface area contributed by atoms with Crippen molar-refractivity contribution in [3.8, 4) is 17.3 Å². The van der Waals surface area contributed by atoms with Crippen LogP contribution in [0.5, 0.6) is 5.75 Å². The number of nitrogens with two attached hydrogens (primary N) is 1. The summed E-state index contributed by atoms with van der Waals surface area (Å²) >= 11 is 0. The van der Waals surface area contributed by atoms with Gasteiger partial charge in [-0.3, -0.25) is 9.59 Å². The SMILES string of the molecule is COc1cc(C(=O)N2C[C@H](N)[C@@H]3CC[C@H]2C3)cc2nc(-c3cc4ccc5nc4n3CCCCCC[C@@](C)(F)C(=O)N[C@@H]5C)n(C)c12. The molecule has 1 saturated heterocycles. The highest BCUT2D eigenvalue weighted by Gasteiger charge is 2.41. The van der Waals surface area contributed by atoms with Crippen LogP contribution in [-0.2, 0) is 18.4 Å². The summed E-state index contributed by atoms with van der Waals surface area (Å²) in [5.74, 6) is 1.21. The number of amides is 2. The minimum absolute atomic E-state index is 0.0109. The Morgan fingerprint density at radius 2 is 1.93 bits per heavy atom. The van der Waals surface area contributed by atoms with Crippen LogP contribution in [0.15, 0.2) is 30.3 Å². The van der Waals surface area contributed by atoms with Gasteiger partial charge in [0.25, 0.3) is 11.8 Å². The molecule has 0 unspecified atom stereocenters. The molecule has 3 N–H and O–H groups in total. The van der Waals surface area contributed by atoms with E-state index < -0.39 is 17.6 Å². The number of fused-ring (bicyclic) bond motifs is 4. The minimum atomic E-state index is -1.91. The Hall–Kier alpha value is -3.99. The molecule has 2 amide bonds. The fourth-order valence-corrected chi connectivity index (χ4v) is 7.83. The maximum atomic E-state index is 15.2. The first-order valence-corrected chi connectivity index (χ1v) is 16.7. The van der Waals surface area contributed by atoms with E-state index in [2.05, 4.69) is 16.0 Å². The van der Waals surface area contributed by atoms with Gasteiger partial charge in [0.15, 0.2) is 11.5 Å². The summed E-state index contributed by atoms with van der Waals surface area (Å²) in [6, 6.07) is 9.47. The fraction of sp³-hybridized carbons (Fsp3) is 0.543. The lowest BCUT2D eigenvalue weighted by Crippen LogP contribution is -2.51. The number of hydrogen-bond donors (Lipinski definition) is 2. The molecule has 10 nitrogen and oxygen atoms in total. The molecule has 11 heteroatoms. The average Bonchev–Trinajstić information content (AvgIpc) is 3.73. The van der Waals surface area contributed by atoms with E-state index in [1.165, 1.54) is 6.92 Å². The van der Waals surface area contributed by atoms with E-state index in [4.69, 9.17) is 20.4 Å². The van der Waals surface area contributed by atoms with Crippen LogP contribution in [0, 0.1) is 5.92 Å². The first kappa shape index (κ1) is 30.7. The predicted octanol–water partition coefficient (Wildman–Crippen LogP) is 5.42. The number of hydrogen-bond acceptors (Lipinski definition) is 6. The van der Waals surface area contributed by atoms with E-state index >= 15 is 4.39 Å². The number of carbonyl (C=O) groups excluding carboxylic acids is 2. The van der Waals surface area contributed by atoms with Crippen molar-refractivity contribution in [3.05, 3.63) is 41.6 Å². The van der Waals surface area contributed by atoms with Crippen LogP contribution in [0.2, 0.25) is 0 Å². The van der Waals surface area contributed by atoms with Crippen molar-refractivity contribution in [2.75, 3.05) is 13.7 Å². The van der Waals surface area contributed by atoms with E-state index in [1.54, 1.807) is 7.11 Å². The molecule has 7 rings (SSSR count). The van der Waals surface area contributed by atoms with Gasteiger partial charge in [0, 0.05) is 43.2 Å². The summed E-state index contributed by atoms with van der Waals surface area (Å²) in [5.41, 5.74) is 8.94. The average molecular weight is 630 g/mol. The topological polar surface area (TPSA) is 120 Å². The number of nitrogens with zero attached hydrogens (tertiary/aromatic N) is 5. The van der Waals surface area contributed by atoms with Gasteiger partial charge >= 0.3 is 0 Å². The largest absolute Gasteiger partial charge is 0.494 e. The number of aryl methyl sites for hydroxylation is 2. The van der Waals surface area contributed by atoms with Crippen LogP contribution >= 0.6 is 0 Å². The number of benzene rings is 1. The molecule has 2 fully saturated rings. The van der Waals surface area contributed by atoms with Gasteiger partial charge in [0.05, 0.1) is 30.1 Å². The summed E-state index contributed by atoms with van der Waals surface area (Å²) in [6.45, 7) is 4.49. The van der Waals surface area contributed by atoms with E-state index in [0.29, 0.717) is 48.0 Å². The highest BCUT2D eigenvalue weighted by molar-refractivity contribution is 6.00. The van der Waals surface area contributed by atoms with Crippen molar-refractivity contribution in [2.24, 2.45) is 18.7 Å². The highest BCUT2D eigenvalue weighted by atomic mass is 19.1. The molecule has 46 heavy (non-hydrogen) atoms. The lowest BCUT2D eigenvalue weighted by atomic mass is 9.94. The van der Waals surface area contributed by atoms with Gasteiger partial charge in [0.2, 0.25) is 0 Å². The second kappa shape index (κ2) is 11.7. The van der Waals surface area contributed by atoms with Crippen LogP contribution in [-0.4, -0.2) is 67.2 Å². The van der Waals surface area contributed by atoms with E-state index in [1.807, 2.05) is 47.7 Å². The highest BCUT2D eigenvalue weighted by Crippen LogP contribution is 2.39. The molecule has 1 aliphatic carbocycles. The van der Waals surface area contributed by atoms with Crippen LogP contribution < -0.4 is 15.8 Å². The van der Waals surface area contributed by atoms with Gasteiger partial charge in [-0.25, -0.2) is 14.4 Å². The summed E-state index contributed by atoms with van der Waals surface area (Å²) < 4.78 is 25.2. The fourth-order valence-electron chi connectivity index (χ4n) is 7.83. The number of imidazole rings is 1. The number of likely N-dealkylation sites (tertiary alicyclic amines) is 1.